The van der Waals surface area contributed by atoms with Crippen LogP contribution in [0.25, 0.3) is 10.9 Å². The van der Waals surface area contributed by atoms with Gasteiger partial charge < -0.3 is 34.4 Å². The molecule has 3 saturated heterocycles. The Morgan fingerprint density at radius 3 is 2.22 bits per heavy atom. The molecule has 0 aliphatic carbocycles. The van der Waals surface area contributed by atoms with Crippen LogP contribution >= 0.6 is 0 Å². The van der Waals surface area contributed by atoms with Crippen molar-refractivity contribution in [3.8, 4) is 5.75 Å². The first-order valence-electron chi connectivity index (χ1n) is 30.2. The molecule has 87 heavy (non-hydrogen) atoms. The van der Waals surface area contributed by atoms with E-state index in [1.165, 1.54) is 18.5 Å². The van der Waals surface area contributed by atoms with Crippen molar-refractivity contribution >= 4 is 61.7 Å². The van der Waals surface area contributed by atoms with Crippen molar-refractivity contribution in [2.45, 2.75) is 135 Å². The van der Waals surface area contributed by atoms with Crippen LogP contribution < -0.4 is 19.9 Å². The summed E-state index contributed by atoms with van der Waals surface area (Å²) < 4.78 is 52.9. The fourth-order valence-electron chi connectivity index (χ4n) is 11.9. The Morgan fingerprint density at radius 2 is 1.55 bits per heavy atom. The molecule has 4 aromatic heterocycles. The summed E-state index contributed by atoms with van der Waals surface area (Å²) in [6, 6.07) is 11.3. The van der Waals surface area contributed by atoms with Gasteiger partial charge in [-0.05, 0) is 117 Å². The summed E-state index contributed by atoms with van der Waals surface area (Å²) >= 11 is 0. The number of sulfone groups is 1. The summed E-state index contributed by atoms with van der Waals surface area (Å²) in [7, 11) is -3.84. The zero-order valence-corrected chi connectivity index (χ0v) is 53.2. The summed E-state index contributed by atoms with van der Waals surface area (Å²) in [4.78, 5) is 80.0. The number of anilines is 4. The Kier molecular flexibility index (Phi) is 18.0. The summed E-state index contributed by atoms with van der Waals surface area (Å²) in [6.07, 6.45) is 7.55. The highest BCUT2D eigenvalue weighted by molar-refractivity contribution is 7.92. The van der Waals surface area contributed by atoms with Crippen LogP contribution in [0.15, 0.2) is 72.3 Å². The molecule has 22 nitrogen and oxygen atoms in total. The van der Waals surface area contributed by atoms with E-state index >= 15 is 0 Å². The molecule has 0 spiro atoms. The molecule has 8 heterocycles. The minimum atomic E-state index is -3.84. The molecule has 0 saturated carbocycles. The molecule has 4 aliphatic heterocycles. The van der Waals surface area contributed by atoms with Gasteiger partial charge in [0.15, 0.2) is 9.84 Å². The number of halogens is 1. The number of aromatic amines is 1. The lowest BCUT2D eigenvalue weighted by atomic mass is 9.91. The largest absolute Gasteiger partial charge is 0.492 e. The van der Waals surface area contributed by atoms with Gasteiger partial charge in [0.05, 0.1) is 58.6 Å². The number of aryl methyl sites for hydroxylation is 1. The van der Waals surface area contributed by atoms with E-state index < -0.39 is 20.2 Å². The van der Waals surface area contributed by atoms with Gasteiger partial charge in [0.2, 0.25) is 11.7 Å². The van der Waals surface area contributed by atoms with Gasteiger partial charge in [-0.3, -0.25) is 34.4 Å². The number of rotatable bonds is 16. The molecule has 4 aliphatic rings. The number of carbonyl (C=O) groups is 3. The van der Waals surface area contributed by atoms with Crippen LogP contribution in [0.2, 0.25) is 0 Å². The van der Waals surface area contributed by atoms with E-state index in [0.29, 0.717) is 87.8 Å². The number of amides is 3. The van der Waals surface area contributed by atoms with E-state index in [0.717, 1.165) is 72.2 Å². The monoisotopic (exact) mass is 1210 g/mol. The molecule has 2 N–H and O–H groups in total. The molecule has 3 fully saturated rings. The van der Waals surface area contributed by atoms with Gasteiger partial charge >= 0.3 is 6.09 Å². The molecular weight excluding hydrogens is 1130 g/mol. The van der Waals surface area contributed by atoms with Crippen molar-refractivity contribution in [1.82, 2.24) is 59.6 Å². The molecule has 3 atom stereocenters. The lowest BCUT2D eigenvalue weighted by molar-refractivity contribution is -0.121. The Labute approximate surface area is 510 Å². The zero-order valence-electron chi connectivity index (χ0n) is 52.4. The summed E-state index contributed by atoms with van der Waals surface area (Å²) in [5.41, 5.74) is 5.59. The summed E-state index contributed by atoms with van der Waals surface area (Å²) in [5, 5.41) is 11.1. The number of hydrogen-bond acceptors (Lipinski definition) is 18. The van der Waals surface area contributed by atoms with Crippen molar-refractivity contribution in [2.75, 3.05) is 107 Å². The Hall–Kier alpha value is -7.41. The predicted molar refractivity (Wildman–Crippen MR) is 332 cm³/mol. The minimum absolute atomic E-state index is 0.0516. The van der Waals surface area contributed by atoms with Gasteiger partial charge in [-0.25, -0.2) is 37.5 Å². The average Bonchev–Trinajstić information content (AvgIpc) is 1.91. The quantitative estimate of drug-likeness (QED) is 0.0890. The molecular formula is C63H84FN15O7S. The van der Waals surface area contributed by atoms with Crippen molar-refractivity contribution < 1.29 is 36.7 Å². The SMILES string of the molecule is Cc1n[nH]c(Nc2ncnc3cc(OCCCN4CCN(c5cnc(C(=O)N6CCN(C[C@H]7CN(C(=O)OC(C)(C)C)[C@@H](C)CN7CC(=O)N7CC(C)(C)c8ncc(Cc9ccc(F)cc9)cc87)[C@H](C)C6)nc5)CC4)c(S(=O)(=O)C(C)(C)C)cc23)c1C. The average molecular weight is 1210 g/mol. The van der Waals surface area contributed by atoms with Crippen LogP contribution in [0, 0.1) is 19.7 Å². The van der Waals surface area contributed by atoms with Crippen LogP contribution in [-0.4, -0.2) is 206 Å². The molecule has 6 aromatic rings. The number of pyridine rings is 1. The molecule has 10 rings (SSSR count). The second kappa shape index (κ2) is 25.0. The molecule has 0 bridgehead atoms. The van der Waals surface area contributed by atoms with E-state index in [1.54, 1.807) is 67.2 Å². The molecule has 466 valence electrons. The maximum absolute atomic E-state index is 14.7. The standard InChI is InChI=1S/C63H84FN15O7S/c1-40-33-76(24-23-75(40)35-48-36-78(60(82)86-61(5,6)7)41(2)34-77(48)37-54(80)79-38-63(11,12)55-51(79)27-45(30-65-55)26-44-14-16-46(64)17-15-44)59(81)58-66-31-47(32-67-58)74-21-19-73(20-22-74)18-13-25-85-52-29-50-49(28-53(52)87(83,84)62(8,9)10)57(69-39-68-50)70-56-42(3)43(4)71-72-56/h14-17,27-32,39-41,48H,13,18-26,33-38H2,1-12H3,(H2,68,69,70,71,72)/t40-,41+,48+/m1/s1. The Balaban J connectivity index is 0.728. The fraction of sp³-hybridized carbons (Fsp3) is 0.540. The predicted octanol–water partition coefficient (Wildman–Crippen LogP) is 7.57. The van der Waals surface area contributed by atoms with Crippen molar-refractivity contribution in [3.05, 3.63) is 107 Å². The fourth-order valence-corrected chi connectivity index (χ4v) is 13.3. The van der Waals surface area contributed by atoms with Crippen molar-refractivity contribution in [1.29, 1.82) is 0 Å². The van der Waals surface area contributed by atoms with Gasteiger partial charge in [0, 0.05) is 125 Å². The topological polar surface area (TPSA) is 232 Å². The number of ether oxygens (including phenoxy) is 2. The van der Waals surface area contributed by atoms with Crippen LogP contribution in [0.1, 0.15) is 114 Å². The highest BCUT2D eigenvalue weighted by atomic mass is 32.2. The van der Waals surface area contributed by atoms with Gasteiger partial charge in [-0.1, -0.05) is 26.0 Å². The Morgan fingerprint density at radius 1 is 0.828 bits per heavy atom. The first kappa shape index (κ1) is 62.6. The summed E-state index contributed by atoms with van der Waals surface area (Å²) in [6.45, 7) is 30.2. The molecule has 24 heteroatoms. The van der Waals surface area contributed by atoms with Crippen LogP contribution in [0.5, 0.6) is 5.75 Å². The highest BCUT2D eigenvalue weighted by Gasteiger charge is 2.44. The molecule has 3 amide bonds. The number of benzene rings is 2. The third-order valence-corrected chi connectivity index (χ3v) is 19.7. The third kappa shape index (κ3) is 14.0. The maximum atomic E-state index is 14.7. The molecule has 0 unspecified atom stereocenters. The van der Waals surface area contributed by atoms with Gasteiger partial charge in [-0.15, -0.1) is 0 Å². The summed E-state index contributed by atoms with van der Waals surface area (Å²) in [5.74, 6) is 0.912. The van der Waals surface area contributed by atoms with Crippen LogP contribution in [0.3, 0.4) is 0 Å². The van der Waals surface area contributed by atoms with Gasteiger partial charge in [-0.2, -0.15) is 5.10 Å². The number of fused-ring (bicyclic) bond motifs is 2. The minimum Gasteiger partial charge on any atom is -0.492 e. The number of carbonyl (C=O) groups excluding carboxylic acids is 3. The van der Waals surface area contributed by atoms with Gasteiger partial charge in [0.1, 0.15) is 40.0 Å². The van der Waals surface area contributed by atoms with E-state index in [2.05, 4.69) is 75.8 Å². The van der Waals surface area contributed by atoms with Crippen LogP contribution in [-0.2, 0) is 31.2 Å². The van der Waals surface area contributed by atoms with Gasteiger partial charge in [0.25, 0.3) is 5.91 Å². The second-order valence-corrected chi connectivity index (χ2v) is 29.1. The normalized spacial score (nSPS) is 19.8. The number of piperazine rings is 3. The zero-order chi connectivity index (χ0) is 62.3. The lowest BCUT2D eigenvalue weighted by Gasteiger charge is -2.48. The highest BCUT2D eigenvalue weighted by Crippen LogP contribution is 2.41. The number of aromatic nitrogens is 7. The molecule has 2 aromatic carbocycles. The first-order valence-corrected chi connectivity index (χ1v) is 31.7. The first-order chi connectivity index (χ1) is 41.1. The van der Waals surface area contributed by atoms with E-state index in [-0.39, 0.29) is 70.3 Å². The Bertz CT molecular complexity index is 3600. The lowest BCUT2D eigenvalue weighted by Crippen LogP contribution is -2.65. The third-order valence-electron chi connectivity index (χ3n) is 17.2. The van der Waals surface area contributed by atoms with Crippen LogP contribution in [0.4, 0.5) is 32.2 Å². The van der Waals surface area contributed by atoms with E-state index in [9.17, 15) is 27.2 Å². The smallest absolute Gasteiger partial charge is 0.410 e. The van der Waals surface area contributed by atoms with E-state index in [4.69, 9.17) is 14.5 Å². The second-order valence-electron chi connectivity index (χ2n) is 26.4. The number of hydrogen-bond donors (Lipinski definition) is 2. The van der Waals surface area contributed by atoms with Crippen molar-refractivity contribution in [2.24, 2.45) is 0 Å². The number of nitrogens with zero attached hydrogens (tertiary/aromatic N) is 13. The number of H-pyrrole nitrogens is 1. The number of nitrogens with one attached hydrogen (secondary N) is 2. The molecule has 0 radical (unpaired) electrons. The van der Waals surface area contributed by atoms with E-state index in [1.807, 2.05) is 58.7 Å². The maximum Gasteiger partial charge on any atom is 0.410 e. The van der Waals surface area contributed by atoms with Crippen molar-refractivity contribution in [3.63, 3.8) is 0 Å².